The lowest BCUT2D eigenvalue weighted by atomic mass is 10.0. The Kier molecular flexibility index (Phi) is 6.12. The van der Waals surface area contributed by atoms with E-state index in [1.54, 1.807) is 0 Å². The van der Waals surface area contributed by atoms with Gasteiger partial charge >= 0.3 is 0 Å². The van der Waals surface area contributed by atoms with Crippen molar-refractivity contribution >= 4 is 11.8 Å². The Morgan fingerprint density at radius 3 is 2.56 bits per heavy atom. The van der Waals surface area contributed by atoms with Gasteiger partial charge < -0.3 is 14.5 Å². The van der Waals surface area contributed by atoms with Crippen molar-refractivity contribution in [2.45, 2.75) is 38.6 Å². The normalized spacial score (nSPS) is 22.6. The molecule has 0 spiro atoms. The van der Waals surface area contributed by atoms with Crippen LogP contribution in [0.1, 0.15) is 31.9 Å². The fourth-order valence-electron chi connectivity index (χ4n) is 4.04. The topological polar surface area (TPSA) is 44.7 Å². The summed E-state index contributed by atoms with van der Waals surface area (Å²) in [5.41, 5.74) is 1.12. The smallest absolute Gasteiger partial charge is 0.227 e. The molecule has 1 aromatic rings. The number of rotatable bonds is 6. The van der Waals surface area contributed by atoms with E-state index in [-0.39, 0.29) is 0 Å². The van der Waals surface area contributed by atoms with Crippen LogP contribution in [0.4, 0.5) is 11.8 Å². The summed E-state index contributed by atoms with van der Waals surface area (Å²) in [5, 5.41) is 0. The van der Waals surface area contributed by atoms with E-state index in [0.717, 1.165) is 55.5 Å². The fraction of sp³-hybridized carbons (Fsp3) is 0.789. The molecule has 140 valence electrons. The van der Waals surface area contributed by atoms with Gasteiger partial charge in [-0.25, -0.2) is 4.98 Å². The van der Waals surface area contributed by atoms with Crippen LogP contribution < -0.4 is 9.80 Å². The van der Waals surface area contributed by atoms with Crippen molar-refractivity contribution in [1.29, 1.82) is 0 Å². The molecule has 0 aliphatic carbocycles. The number of nitrogens with zero attached hydrogens (tertiary/aromatic N) is 5. The van der Waals surface area contributed by atoms with Crippen molar-refractivity contribution in [2.24, 2.45) is 5.92 Å². The summed E-state index contributed by atoms with van der Waals surface area (Å²) in [5.74, 6) is 2.63. The molecule has 0 radical (unpaired) electrons. The summed E-state index contributed by atoms with van der Waals surface area (Å²) in [6.45, 7) is 7.67. The van der Waals surface area contributed by atoms with Crippen LogP contribution in [0.5, 0.6) is 0 Å². The van der Waals surface area contributed by atoms with Gasteiger partial charge in [0.15, 0.2) is 0 Å². The van der Waals surface area contributed by atoms with E-state index in [0.29, 0.717) is 0 Å². The van der Waals surface area contributed by atoms with Crippen molar-refractivity contribution in [2.75, 3.05) is 63.8 Å². The summed E-state index contributed by atoms with van der Waals surface area (Å²) in [6.07, 6.45) is 4.68. The number of aromatic nitrogens is 2. The molecule has 25 heavy (non-hydrogen) atoms. The van der Waals surface area contributed by atoms with E-state index >= 15 is 0 Å². The summed E-state index contributed by atoms with van der Waals surface area (Å²) < 4.78 is 5.34. The molecule has 2 fully saturated rings. The molecule has 1 atom stereocenters. The Bertz CT molecular complexity index is 557. The first-order valence-corrected chi connectivity index (χ1v) is 9.64. The molecule has 0 bridgehead atoms. The van der Waals surface area contributed by atoms with Gasteiger partial charge in [-0.15, -0.1) is 0 Å². The molecule has 0 saturated carbocycles. The maximum atomic E-state index is 5.34. The minimum absolute atomic E-state index is 0.721. The van der Waals surface area contributed by atoms with E-state index in [2.05, 4.69) is 27.8 Å². The molecule has 6 heteroatoms. The lowest BCUT2D eigenvalue weighted by molar-refractivity contribution is 0.142. The second-order valence-electron chi connectivity index (χ2n) is 7.59. The highest BCUT2D eigenvalue weighted by Crippen LogP contribution is 2.27. The number of ether oxygens (including phenoxy) is 1. The van der Waals surface area contributed by atoms with Crippen molar-refractivity contribution in [3.05, 3.63) is 11.8 Å². The van der Waals surface area contributed by atoms with Gasteiger partial charge in [-0.1, -0.05) is 6.92 Å². The zero-order valence-corrected chi connectivity index (χ0v) is 16.2. The van der Waals surface area contributed by atoms with E-state index in [9.17, 15) is 0 Å². The van der Waals surface area contributed by atoms with Crippen LogP contribution in [0.3, 0.4) is 0 Å². The standard InChI is InChI=1S/C19H33N5O/c1-5-16-12-18(21-19(20-16)22(2)3)23-10-7-17(8-11-23)24-9-6-15(13-24)14-25-4/h12,15,17H,5-11,13-14H2,1-4H3/t15-/m1/s1. The highest BCUT2D eigenvalue weighted by molar-refractivity contribution is 5.46. The molecule has 0 amide bonds. The first-order chi connectivity index (χ1) is 12.1. The number of likely N-dealkylation sites (tertiary alicyclic amines) is 1. The van der Waals surface area contributed by atoms with Crippen molar-refractivity contribution in [1.82, 2.24) is 14.9 Å². The zero-order valence-electron chi connectivity index (χ0n) is 16.2. The van der Waals surface area contributed by atoms with E-state index in [1.807, 2.05) is 26.1 Å². The highest BCUT2D eigenvalue weighted by atomic mass is 16.5. The maximum Gasteiger partial charge on any atom is 0.227 e. The number of hydrogen-bond donors (Lipinski definition) is 0. The molecular formula is C19H33N5O. The van der Waals surface area contributed by atoms with Crippen LogP contribution in [0, 0.1) is 5.92 Å². The predicted molar refractivity (Wildman–Crippen MR) is 103 cm³/mol. The maximum absolute atomic E-state index is 5.34. The first kappa shape index (κ1) is 18.4. The van der Waals surface area contributed by atoms with Crippen molar-refractivity contribution in [3.8, 4) is 0 Å². The van der Waals surface area contributed by atoms with Gasteiger partial charge in [0.05, 0.1) is 6.61 Å². The Morgan fingerprint density at radius 1 is 1.16 bits per heavy atom. The van der Waals surface area contributed by atoms with Crippen LogP contribution in [0.15, 0.2) is 6.07 Å². The molecule has 0 N–H and O–H groups in total. The summed E-state index contributed by atoms with van der Waals surface area (Å²) in [7, 11) is 5.83. The number of methoxy groups -OCH3 is 1. The molecule has 3 rings (SSSR count). The largest absolute Gasteiger partial charge is 0.384 e. The Labute approximate surface area is 152 Å². The monoisotopic (exact) mass is 347 g/mol. The molecule has 2 saturated heterocycles. The quantitative estimate of drug-likeness (QED) is 0.785. The minimum Gasteiger partial charge on any atom is -0.384 e. The van der Waals surface area contributed by atoms with Crippen LogP contribution in [-0.4, -0.2) is 74.9 Å². The van der Waals surface area contributed by atoms with Gasteiger partial charge in [0.2, 0.25) is 5.95 Å². The molecule has 2 aliphatic rings. The molecule has 0 aromatic carbocycles. The molecular weight excluding hydrogens is 314 g/mol. The third-order valence-electron chi connectivity index (χ3n) is 5.54. The number of anilines is 2. The Hall–Kier alpha value is -1.40. The van der Waals surface area contributed by atoms with E-state index < -0.39 is 0 Å². The van der Waals surface area contributed by atoms with Crippen LogP contribution >= 0.6 is 0 Å². The Balaban J connectivity index is 1.60. The zero-order chi connectivity index (χ0) is 17.8. The molecule has 6 nitrogen and oxygen atoms in total. The molecule has 3 heterocycles. The highest BCUT2D eigenvalue weighted by Gasteiger charge is 2.31. The van der Waals surface area contributed by atoms with E-state index in [1.165, 1.54) is 32.4 Å². The molecule has 2 aliphatic heterocycles. The summed E-state index contributed by atoms with van der Waals surface area (Å²) >= 11 is 0. The van der Waals surface area contributed by atoms with Gasteiger partial charge in [-0.05, 0) is 38.1 Å². The minimum atomic E-state index is 0.721. The summed E-state index contributed by atoms with van der Waals surface area (Å²) in [6, 6.07) is 2.89. The van der Waals surface area contributed by atoms with Crippen LogP contribution in [0.25, 0.3) is 0 Å². The molecule has 1 aromatic heterocycles. The Morgan fingerprint density at radius 2 is 1.92 bits per heavy atom. The lowest BCUT2D eigenvalue weighted by Gasteiger charge is -2.37. The summed E-state index contributed by atoms with van der Waals surface area (Å²) in [4.78, 5) is 16.5. The van der Waals surface area contributed by atoms with E-state index in [4.69, 9.17) is 9.72 Å². The lowest BCUT2D eigenvalue weighted by Crippen LogP contribution is -2.44. The third-order valence-corrected chi connectivity index (χ3v) is 5.54. The number of piperidine rings is 1. The SMILES string of the molecule is CCc1cc(N2CCC(N3CC[C@@H](COC)C3)CC2)nc(N(C)C)n1. The predicted octanol–water partition coefficient (Wildman–Crippen LogP) is 2.04. The first-order valence-electron chi connectivity index (χ1n) is 9.64. The second kappa shape index (κ2) is 8.32. The van der Waals surface area contributed by atoms with Gasteiger partial charge in [-0.3, -0.25) is 4.90 Å². The second-order valence-corrected chi connectivity index (χ2v) is 7.59. The average molecular weight is 348 g/mol. The van der Waals surface area contributed by atoms with Gasteiger partial charge in [0, 0.05) is 58.6 Å². The van der Waals surface area contributed by atoms with Crippen molar-refractivity contribution in [3.63, 3.8) is 0 Å². The van der Waals surface area contributed by atoms with Crippen molar-refractivity contribution < 1.29 is 4.74 Å². The van der Waals surface area contributed by atoms with Crippen LogP contribution in [-0.2, 0) is 11.2 Å². The van der Waals surface area contributed by atoms with Gasteiger partial charge in [-0.2, -0.15) is 4.98 Å². The molecule has 0 unspecified atom stereocenters. The fourth-order valence-corrected chi connectivity index (χ4v) is 4.04. The van der Waals surface area contributed by atoms with Gasteiger partial charge in [0.25, 0.3) is 0 Å². The number of hydrogen-bond acceptors (Lipinski definition) is 6. The van der Waals surface area contributed by atoms with Crippen LogP contribution in [0.2, 0.25) is 0 Å². The van der Waals surface area contributed by atoms with Gasteiger partial charge in [0.1, 0.15) is 5.82 Å². The number of aryl methyl sites for hydroxylation is 1. The average Bonchev–Trinajstić information content (AvgIpc) is 3.10. The third kappa shape index (κ3) is 4.42.